The second-order valence-corrected chi connectivity index (χ2v) is 4.53. The highest BCUT2D eigenvalue weighted by molar-refractivity contribution is 5.30. The molecule has 0 amide bonds. The highest BCUT2D eigenvalue weighted by Gasteiger charge is 1.98. The third-order valence-electron chi connectivity index (χ3n) is 2.94. The SMILES string of the molecule is Cc1ccc(CNOCc2ccccc2)c(C)c1. The molecular formula is C16H19NO. The fourth-order valence-corrected chi connectivity index (χ4v) is 1.88. The number of hydroxylamine groups is 1. The van der Waals surface area contributed by atoms with Crippen LogP contribution in [-0.2, 0) is 18.0 Å². The molecule has 0 aliphatic carbocycles. The van der Waals surface area contributed by atoms with Crippen LogP contribution in [0.2, 0.25) is 0 Å². The molecule has 1 N–H and O–H groups in total. The molecule has 0 spiro atoms. The molecule has 0 fully saturated rings. The van der Waals surface area contributed by atoms with Gasteiger partial charge in [0.05, 0.1) is 6.61 Å². The summed E-state index contributed by atoms with van der Waals surface area (Å²) in [4.78, 5) is 5.46. The summed E-state index contributed by atoms with van der Waals surface area (Å²) in [5.41, 5.74) is 8.04. The molecule has 0 saturated carbocycles. The van der Waals surface area contributed by atoms with Crippen molar-refractivity contribution in [2.45, 2.75) is 27.0 Å². The molecule has 0 saturated heterocycles. The standard InChI is InChI=1S/C16H19NO/c1-13-8-9-16(14(2)10-13)11-17-18-12-15-6-4-3-5-7-15/h3-10,17H,11-12H2,1-2H3. The Balaban J connectivity index is 1.79. The van der Waals surface area contributed by atoms with Crippen LogP contribution < -0.4 is 5.48 Å². The van der Waals surface area contributed by atoms with Crippen LogP contribution in [0.3, 0.4) is 0 Å². The van der Waals surface area contributed by atoms with Crippen LogP contribution in [0.25, 0.3) is 0 Å². The molecule has 0 atom stereocenters. The summed E-state index contributed by atoms with van der Waals surface area (Å²) in [7, 11) is 0. The monoisotopic (exact) mass is 241 g/mol. The minimum Gasteiger partial charge on any atom is -0.297 e. The average molecular weight is 241 g/mol. The van der Waals surface area contributed by atoms with E-state index >= 15 is 0 Å². The van der Waals surface area contributed by atoms with E-state index in [1.807, 2.05) is 18.2 Å². The molecule has 0 unspecified atom stereocenters. The Morgan fingerprint density at radius 1 is 1.00 bits per heavy atom. The molecule has 94 valence electrons. The maximum atomic E-state index is 5.46. The van der Waals surface area contributed by atoms with Crippen molar-refractivity contribution in [2.24, 2.45) is 0 Å². The zero-order chi connectivity index (χ0) is 12.8. The summed E-state index contributed by atoms with van der Waals surface area (Å²) in [6.07, 6.45) is 0. The molecule has 18 heavy (non-hydrogen) atoms. The lowest BCUT2D eigenvalue weighted by atomic mass is 10.1. The summed E-state index contributed by atoms with van der Waals surface area (Å²) < 4.78 is 0. The van der Waals surface area contributed by atoms with Crippen molar-refractivity contribution >= 4 is 0 Å². The third kappa shape index (κ3) is 3.69. The van der Waals surface area contributed by atoms with Gasteiger partial charge in [-0.05, 0) is 30.5 Å². The summed E-state index contributed by atoms with van der Waals surface area (Å²) in [6, 6.07) is 16.6. The average Bonchev–Trinajstić information content (AvgIpc) is 2.38. The largest absolute Gasteiger partial charge is 0.297 e. The van der Waals surface area contributed by atoms with E-state index in [1.165, 1.54) is 22.3 Å². The molecule has 2 aromatic rings. The predicted molar refractivity (Wildman–Crippen MR) is 74.0 cm³/mol. The molecule has 2 heteroatoms. The van der Waals surface area contributed by atoms with Gasteiger partial charge in [0.2, 0.25) is 0 Å². The number of hydrogen-bond acceptors (Lipinski definition) is 2. The van der Waals surface area contributed by atoms with E-state index in [0.717, 1.165) is 6.54 Å². The van der Waals surface area contributed by atoms with Crippen molar-refractivity contribution in [3.63, 3.8) is 0 Å². The van der Waals surface area contributed by atoms with Crippen LogP contribution in [0.4, 0.5) is 0 Å². The summed E-state index contributed by atoms with van der Waals surface area (Å²) in [5, 5.41) is 0. The van der Waals surface area contributed by atoms with Crippen LogP contribution >= 0.6 is 0 Å². The molecule has 0 radical (unpaired) electrons. The zero-order valence-corrected chi connectivity index (χ0v) is 10.9. The number of rotatable bonds is 5. The van der Waals surface area contributed by atoms with Crippen LogP contribution in [-0.4, -0.2) is 0 Å². The Bertz CT molecular complexity index is 494. The molecule has 0 aliphatic rings. The predicted octanol–water partition coefficient (Wildman–Crippen LogP) is 3.52. The molecule has 0 aliphatic heterocycles. The first-order chi connectivity index (χ1) is 8.75. The molecule has 2 aromatic carbocycles. The first kappa shape index (κ1) is 12.8. The maximum Gasteiger partial charge on any atom is 0.0933 e. The van der Waals surface area contributed by atoms with Crippen LogP contribution in [0.1, 0.15) is 22.3 Å². The number of benzene rings is 2. The number of nitrogens with one attached hydrogen (secondary N) is 1. The minimum atomic E-state index is 0.589. The molecule has 2 rings (SSSR count). The highest BCUT2D eigenvalue weighted by Crippen LogP contribution is 2.10. The van der Waals surface area contributed by atoms with E-state index in [9.17, 15) is 0 Å². The lowest BCUT2D eigenvalue weighted by Gasteiger charge is -2.09. The van der Waals surface area contributed by atoms with E-state index in [0.29, 0.717) is 6.61 Å². The van der Waals surface area contributed by atoms with E-state index in [4.69, 9.17) is 4.84 Å². The third-order valence-corrected chi connectivity index (χ3v) is 2.94. The fourth-order valence-electron chi connectivity index (χ4n) is 1.88. The van der Waals surface area contributed by atoms with E-state index < -0.39 is 0 Å². The Hall–Kier alpha value is -1.64. The van der Waals surface area contributed by atoms with E-state index in [2.05, 4.69) is 49.7 Å². The Labute approximate surface area is 109 Å². The van der Waals surface area contributed by atoms with Gasteiger partial charge in [-0.1, -0.05) is 54.1 Å². The minimum absolute atomic E-state index is 0.589. The van der Waals surface area contributed by atoms with Crippen molar-refractivity contribution < 1.29 is 4.84 Å². The lowest BCUT2D eigenvalue weighted by molar-refractivity contribution is 0.0234. The van der Waals surface area contributed by atoms with Crippen LogP contribution in [0, 0.1) is 13.8 Å². The van der Waals surface area contributed by atoms with Crippen molar-refractivity contribution in [3.05, 3.63) is 70.8 Å². The van der Waals surface area contributed by atoms with Gasteiger partial charge in [0.15, 0.2) is 0 Å². The summed E-state index contributed by atoms with van der Waals surface area (Å²) >= 11 is 0. The number of hydrogen-bond donors (Lipinski definition) is 1. The van der Waals surface area contributed by atoms with Gasteiger partial charge in [-0.15, -0.1) is 0 Å². The Kier molecular flexibility index (Phi) is 4.51. The quantitative estimate of drug-likeness (QED) is 0.638. The number of aryl methyl sites for hydroxylation is 2. The van der Waals surface area contributed by atoms with Crippen molar-refractivity contribution in [3.8, 4) is 0 Å². The smallest absolute Gasteiger partial charge is 0.0933 e. The van der Waals surface area contributed by atoms with Gasteiger partial charge in [0, 0.05) is 6.54 Å². The van der Waals surface area contributed by atoms with Gasteiger partial charge >= 0.3 is 0 Å². The van der Waals surface area contributed by atoms with Gasteiger partial charge in [0.25, 0.3) is 0 Å². The second kappa shape index (κ2) is 6.34. The molecule has 0 aromatic heterocycles. The molecule has 2 nitrogen and oxygen atoms in total. The first-order valence-corrected chi connectivity index (χ1v) is 6.20. The van der Waals surface area contributed by atoms with Gasteiger partial charge in [-0.3, -0.25) is 4.84 Å². The molecule has 0 bridgehead atoms. The normalized spacial score (nSPS) is 10.6. The van der Waals surface area contributed by atoms with E-state index in [1.54, 1.807) is 0 Å². The summed E-state index contributed by atoms with van der Waals surface area (Å²) in [6.45, 7) is 5.56. The van der Waals surface area contributed by atoms with Gasteiger partial charge < -0.3 is 0 Å². The lowest BCUT2D eigenvalue weighted by Crippen LogP contribution is -2.14. The van der Waals surface area contributed by atoms with Crippen molar-refractivity contribution in [1.29, 1.82) is 0 Å². The molecule has 0 heterocycles. The Morgan fingerprint density at radius 2 is 1.78 bits per heavy atom. The van der Waals surface area contributed by atoms with E-state index in [-0.39, 0.29) is 0 Å². The maximum absolute atomic E-state index is 5.46. The van der Waals surface area contributed by atoms with Gasteiger partial charge in [0.1, 0.15) is 0 Å². The van der Waals surface area contributed by atoms with Gasteiger partial charge in [-0.2, -0.15) is 5.48 Å². The second-order valence-electron chi connectivity index (χ2n) is 4.53. The van der Waals surface area contributed by atoms with Crippen LogP contribution in [0.5, 0.6) is 0 Å². The van der Waals surface area contributed by atoms with Gasteiger partial charge in [-0.25, -0.2) is 0 Å². The molecular weight excluding hydrogens is 222 g/mol. The van der Waals surface area contributed by atoms with Crippen LogP contribution in [0.15, 0.2) is 48.5 Å². The topological polar surface area (TPSA) is 21.3 Å². The highest BCUT2D eigenvalue weighted by atomic mass is 16.6. The van der Waals surface area contributed by atoms with Crippen molar-refractivity contribution in [1.82, 2.24) is 5.48 Å². The van der Waals surface area contributed by atoms with Crippen molar-refractivity contribution in [2.75, 3.05) is 0 Å². The Morgan fingerprint density at radius 3 is 2.50 bits per heavy atom. The zero-order valence-electron chi connectivity index (χ0n) is 10.9. The fraction of sp³-hybridized carbons (Fsp3) is 0.250. The summed E-state index contributed by atoms with van der Waals surface area (Å²) in [5.74, 6) is 0. The first-order valence-electron chi connectivity index (χ1n) is 6.20.